The Labute approximate surface area is 117 Å². The summed E-state index contributed by atoms with van der Waals surface area (Å²) in [6.07, 6.45) is 3.29. The monoisotopic (exact) mass is 277 g/mol. The summed E-state index contributed by atoms with van der Waals surface area (Å²) < 4.78 is 5.21. The van der Waals surface area contributed by atoms with Crippen molar-refractivity contribution in [3.8, 4) is 0 Å². The summed E-state index contributed by atoms with van der Waals surface area (Å²) in [5.74, 6) is 2.17. The van der Waals surface area contributed by atoms with Crippen molar-refractivity contribution in [1.29, 1.82) is 0 Å². The molecule has 0 bridgehead atoms. The molecule has 1 aromatic carbocycles. The summed E-state index contributed by atoms with van der Waals surface area (Å²) in [6, 6.07) is 7.72. The van der Waals surface area contributed by atoms with E-state index >= 15 is 0 Å². The van der Waals surface area contributed by atoms with Crippen molar-refractivity contribution < 1.29 is 4.52 Å². The molecular weight excluding hydrogens is 262 g/mol. The Balaban J connectivity index is 1.56. The Bertz CT molecular complexity index is 551. The molecule has 4 nitrogen and oxygen atoms in total. The van der Waals surface area contributed by atoms with E-state index < -0.39 is 0 Å². The van der Waals surface area contributed by atoms with Gasteiger partial charge in [-0.15, -0.1) is 0 Å². The van der Waals surface area contributed by atoms with Gasteiger partial charge in [-0.3, -0.25) is 0 Å². The second-order valence-corrected chi connectivity index (χ2v) is 5.35. The van der Waals surface area contributed by atoms with Gasteiger partial charge in [0.25, 0.3) is 0 Å². The van der Waals surface area contributed by atoms with Crippen molar-refractivity contribution in [3.05, 3.63) is 46.6 Å². The molecular formula is C14H16ClN3O. The van der Waals surface area contributed by atoms with Crippen LogP contribution in [0.5, 0.6) is 0 Å². The third-order valence-corrected chi connectivity index (χ3v) is 3.59. The maximum Gasteiger partial charge on any atom is 0.240 e. The smallest absolute Gasteiger partial charge is 0.240 e. The Morgan fingerprint density at radius 1 is 1.32 bits per heavy atom. The normalized spacial score (nSPS) is 14.8. The van der Waals surface area contributed by atoms with Gasteiger partial charge in [-0.1, -0.05) is 35.0 Å². The standard InChI is InChI=1S/C14H16ClN3O/c15-12-4-2-1-3-11(12)7-13-17-14(19-18-13)9-16-8-10-5-6-10/h1-4,10,16H,5-9H2. The van der Waals surface area contributed by atoms with Crippen molar-refractivity contribution in [2.45, 2.75) is 25.8 Å². The number of nitrogens with zero attached hydrogens (tertiary/aromatic N) is 2. The molecule has 1 N–H and O–H groups in total. The lowest BCUT2D eigenvalue weighted by Gasteiger charge is -1.99. The van der Waals surface area contributed by atoms with Crippen LogP contribution >= 0.6 is 11.6 Å². The van der Waals surface area contributed by atoms with Crippen LogP contribution < -0.4 is 5.32 Å². The zero-order valence-corrected chi connectivity index (χ0v) is 11.4. The zero-order chi connectivity index (χ0) is 13.1. The van der Waals surface area contributed by atoms with Crippen molar-refractivity contribution in [2.24, 2.45) is 5.92 Å². The predicted octanol–water partition coefficient (Wildman–Crippen LogP) is 2.81. The van der Waals surface area contributed by atoms with E-state index in [2.05, 4.69) is 15.5 Å². The van der Waals surface area contributed by atoms with Crippen molar-refractivity contribution >= 4 is 11.6 Å². The molecule has 1 aromatic heterocycles. The third kappa shape index (κ3) is 3.55. The van der Waals surface area contributed by atoms with Gasteiger partial charge in [0.1, 0.15) is 0 Å². The van der Waals surface area contributed by atoms with E-state index in [1.807, 2.05) is 24.3 Å². The van der Waals surface area contributed by atoms with E-state index in [1.54, 1.807) is 0 Å². The van der Waals surface area contributed by atoms with Crippen molar-refractivity contribution in [3.63, 3.8) is 0 Å². The minimum Gasteiger partial charge on any atom is -0.338 e. The highest BCUT2D eigenvalue weighted by molar-refractivity contribution is 6.31. The van der Waals surface area contributed by atoms with Gasteiger partial charge in [0.15, 0.2) is 5.82 Å². The van der Waals surface area contributed by atoms with E-state index in [0.717, 1.165) is 23.0 Å². The van der Waals surface area contributed by atoms with E-state index in [9.17, 15) is 0 Å². The molecule has 0 atom stereocenters. The molecule has 0 saturated heterocycles. The first-order chi connectivity index (χ1) is 9.31. The molecule has 2 aromatic rings. The maximum atomic E-state index is 6.11. The highest BCUT2D eigenvalue weighted by Crippen LogP contribution is 2.27. The van der Waals surface area contributed by atoms with Crippen LogP contribution in [0.4, 0.5) is 0 Å². The molecule has 1 aliphatic carbocycles. The van der Waals surface area contributed by atoms with Crippen LogP contribution in [0.3, 0.4) is 0 Å². The highest BCUT2D eigenvalue weighted by Gasteiger charge is 2.20. The molecule has 3 rings (SSSR count). The Hall–Kier alpha value is -1.39. The molecule has 0 amide bonds. The van der Waals surface area contributed by atoms with Gasteiger partial charge in [0.2, 0.25) is 5.89 Å². The third-order valence-electron chi connectivity index (χ3n) is 3.22. The molecule has 0 unspecified atom stereocenters. The van der Waals surface area contributed by atoms with Crippen LogP contribution in [-0.4, -0.2) is 16.7 Å². The molecule has 100 valence electrons. The largest absolute Gasteiger partial charge is 0.338 e. The van der Waals surface area contributed by atoms with Crippen LogP contribution in [0.15, 0.2) is 28.8 Å². The molecule has 5 heteroatoms. The summed E-state index contributed by atoms with van der Waals surface area (Å²) >= 11 is 6.11. The van der Waals surface area contributed by atoms with E-state index in [4.69, 9.17) is 16.1 Å². The van der Waals surface area contributed by atoms with Crippen molar-refractivity contribution in [1.82, 2.24) is 15.5 Å². The Morgan fingerprint density at radius 2 is 2.16 bits per heavy atom. The average Bonchev–Trinajstić information content (AvgIpc) is 3.12. The molecule has 19 heavy (non-hydrogen) atoms. The van der Waals surface area contributed by atoms with Gasteiger partial charge in [-0.2, -0.15) is 4.98 Å². The zero-order valence-electron chi connectivity index (χ0n) is 10.6. The summed E-state index contributed by atoms with van der Waals surface area (Å²) in [5, 5.41) is 8.05. The second-order valence-electron chi connectivity index (χ2n) is 4.95. The number of hydrogen-bond acceptors (Lipinski definition) is 4. The van der Waals surface area contributed by atoms with Gasteiger partial charge in [-0.25, -0.2) is 0 Å². The molecule has 1 fully saturated rings. The molecule has 1 heterocycles. The predicted molar refractivity (Wildman–Crippen MR) is 73.0 cm³/mol. The maximum absolute atomic E-state index is 6.11. The summed E-state index contributed by atoms with van der Waals surface area (Å²) in [5.41, 5.74) is 1.02. The number of aromatic nitrogens is 2. The molecule has 0 spiro atoms. The Morgan fingerprint density at radius 3 is 2.95 bits per heavy atom. The number of rotatable bonds is 6. The number of nitrogens with one attached hydrogen (secondary N) is 1. The fourth-order valence-corrected chi connectivity index (χ4v) is 2.15. The van der Waals surface area contributed by atoms with E-state index in [1.165, 1.54) is 12.8 Å². The fourth-order valence-electron chi connectivity index (χ4n) is 1.95. The number of halogens is 1. The van der Waals surface area contributed by atoms with E-state index in [-0.39, 0.29) is 0 Å². The van der Waals surface area contributed by atoms with Crippen LogP contribution in [0.2, 0.25) is 5.02 Å². The first-order valence-electron chi connectivity index (χ1n) is 6.57. The molecule has 1 aliphatic rings. The van der Waals surface area contributed by atoms with E-state index in [0.29, 0.717) is 24.7 Å². The lowest BCUT2D eigenvalue weighted by molar-refractivity contribution is 0.362. The first kappa shape index (κ1) is 12.6. The van der Waals surface area contributed by atoms with Gasteiger partial charge in [0, 0.05) is 11.4 Å². The van der Waals surface area contributed by atoms with Gasteiger partial charge >= 0.3 is 0 Å². The topological polar surface area (TPSA) is 51.0 Å². The lowest BCUT2D eigenvalue weighted by atomic mass is 10.1. The number of benzene rings is 1. The number of hydrogen-bond donors (Lipinski definition) is 1. The van der Waals surface area contributed by atoms with Crippen LogP contribution in [0, 0.1) is 5.92 Å². The molecule has 0 aliphatic heterocycles. The first-order valence-corrected chi connectivity index (χ1v) is 6.94. The minimum atomic E-state index is 0.603. The van der Waals surface area contributed by atoms with Crippen LogP contribution in [0.1, 0.15) is 30.1 Å². The van der Waals surface area contributed by atoms with Crippen LogP contribution in [0.25, 0.3) is 0 Å². The SMILES string of the molecule is Clc1ccccc1Cc1noc(CNCC2CC2)n1. The minimum absolute atomic E-state index is 0.603. The highest BCUT2D eigenvalue weighted by atomic mass is 35.5. The molecule has 0 radical (unpaired) electrons. The fraction of sp³-hybridized carbons (Fsp3) is 0.429. The van der Waals surface area contributed by atoms with Gasteiger partial charge < -0.3 is 9.84 Å². The van der Waals surface area contributed by atoms with Gasteiger partial charge in [-0.05, 0) is 36.9 Å². The quantitative estimate of drug-likeness (QED) is 0.882. The van der Waals surface area contributed by atoms with Crippen LogP contribution in [-0.2, 0) is 13.0 Å². The average molecular weight is 278 g/mol. The second kappa shape index (κ2) is 5.72. The molecule has 1 saturated carbocycles. The summed E-state index contributed by atoms with van der Waals surface area (Å²) in [7, 11) is 0. The summed E-state index contributed by atoms with van der Waals surface area (Å²) in [4.78, 5) is 4.36. The summed E-state index contributed by atoms with van der Waals surface area (Å²) in [6.45, 7) is 1.69. The lowest BCUT2D eigenvalue weighted by Crippen LogP contribution is -2.16. The van der Waals surface area contributed by atoms with Gasteiger partial charge in [0.05, 0.1) is 6.54 Å². The Kier molecular flexibility index (Phi) is 3.80. The van der Waals surface area contributed by atoms with Crippen molar-refractivity contribution in [2.75, 3.05) is 6.54 Å².